The van der Waals surface area contributed by atoms with Gasteiger partial charge in [0.05, 0.1) is 6.10 Å². The normalized spacial score (nSPS) is 36.6. The molecule has 0 spiro atoms. The zero-order valence-electron chi connectivity index (χ0n) is 12.3. The van der Waals surface area contributed by atoms with Crippen molar-refractivity contribution < 1.29 is 19.3 Å². The first kappa shape index (κ1) is 16.5. The summed E-state index contributed by atoms with van der Waals surface area (Å²) in [7, 11) is 0. The molecule has 2 aliphatic heterocycles. The predicted molar refractivity (Wildman–Crippen MR) is 82.6 cm³/mol. The summed E-state index contributed by atoms with van der Waals surface area (Å²) in [5.41, 5.74) is 0. The Kier molecular flexibility index (Phi) is 5.31. The molecular formula is C13H23NO4S2. The molecule has 2 heterocycles. The van der Waals surface area contributed by atoms with Crippen LogP contribution >= 0.6 is 24.0 Å². The quantitative estimate of drug-likeness (QED) is 0.763. The predicted octanol–water partition coefficient (Wildman–Crippen LogP) is 1.63. The Morgan fingerprint density at radius 1 is 1.45 bits per heavy atom. The van der Waals surface area contributed by atoms with E-state index in [0.717, 1.165) is 10.7 Å². The van der Waals surface area contributed by atoms with E-state index in [1.165, 1.54) is 11.8 Å². The molecule has 5 atom stereocenters. The van der Waals surface area contributed by atoms with Gasteiger partial charge in [-0.25, -0.2) is 0 Å². The Hall–Kier alpha value is 0.0800. The van der Waals surface area contributed by atoms with Crippen molar-refractivity contribution in [3.63, 3.8) is 0 Å². The van der Waals surface area contributed by atoms with Gasteiger partial charge in [0.1, 0.15) is 16.5 Å². The summed E-state index contributed by atoms with van der Waals surface area (Å²) in [5, 5.41) is 13.5. The summed E-state index contributed by atoms with van der Waals surface area (Å²) in [6, 6.07) is 0.358. The van der Waals surface area contributed by atoms with Crippen LogP contribution in [0.15, 0.2) is 0 Å². The fraction of sp³-hybridized carbons (Fsp3) is 0.923. The molecule has 0 aromatic rings. The van der Waals surface area contributed by atoms with Crippen molar-refractivity contribution in [2.24, 2.45) is 0 Å². The van der Waals surface area contributed by atoms with Gasteiger partial charge in [-0.1, -0.05) is 30.9 Å². The number of thiocarbonyl (C=S) groups is 1. The molecule has 7 heteroatoms. The summed E-state index contributed by atoms with van der Waals surface area (Å²) < 4.78 is 17.7. The molecule has 0 aromatic carbocycles. The molecule has 2 rings (SSSR count). The fourth-order valence-corrected chi connectivity index (χ4v) is 3.48. The van der Waals surface area contributed by atoms with Crippen LogP contribution in [-0.2, 0) is 14.2 Å². The summed E-state index contributed by atoms with van der Waals surface area (Å²) in [6.45, 7) is 7.82. The second-order valence-electron chi connectivity index (χ2n) is 5.69. The summed E-state index contributed by atoms with van der Waals surface area (Å²) in [4.78, 5) is 0. The average Bonchev–Trinajstić information content (AvgIpc) is 2.81. The van der Waals surface area contributed by atoms with Gasteiger partial charge in [-0.15, -0.1) is 0 Å². The Labute approximate surface area is 129 Å². The maximum absolute atomic E-state index is 10.2. The van der Waals surface area contributed by atoms with Gasteiger partial charge in [-0.3, -0.25) is 0 Å². The fourth-order valence-electron chi connectivity index (χ4n) is 2.20. The van der Waals surface area contributed by atoms with Crippen LogP contribution in [-0.4, -0.2) is 51.6 Å². The van der Waals surface area contributed by atoms with Crippen molar-refractivity contribution in [1.29, 1.82) is 0 Å². The molecule has 2 N–H and O–H groups in total. The first-order valence-corrected chi connectivity index (χ1v) is 8.34. The van der Waals surface area contributed by atoms with Gasteiger partial charge in [-0.2, -0.15) is 0 Å². The number of aliphatic hydroxyl groups is 1. The molecule has 0 bridgehead atoms. The number of thioether (sulfide) groups is 1. The maximum Gasteiger partial charge on any atom is 0.190 e. The van der Waals surface area contributed by atoms with E-state index >= 15 is 0 Å². The van der Waals surface area contributed by atoms with Crippen LogP contribution < -0.4 is 5.32 Å². The topological polar surface area (TPSA) is 60.0 Å². The molecule has 0 amide bonds. The number of hydrogen-bond donors (Lipinski definition) is 2. The molecule has 1 unspecified atom stereocenters. The molecule has 2 saturated heterocycles. The molecule has 0 aromatic heterocycles. The van der Waals surface area contributed by atoms with Crippen LogP contribution in [0.1, 0.15) is 34.1 Å². The molecule has 0 saturated carbocycles. The third-order valence-corrected chi connectivity index (χ3v) is 4.82. The lowest BCUT2D eigenvalue weighted by Gasteiger charge is -2.23. The highest BCUT2D eigenvalue weighted by Gasteiger charge is 2.54. The van der Waals surface area contributed by atoms with E-state index < -0.39 is 24.3 Å². The number of fused-ring (bicyclic) bond motifs is 1. The van der Waals surface area contributed by atoms with Gasteiger partial charge in [0.25, 0.3) is 0 Å². The first-order valence-electron chi connectivity index (χ1n) is 6.95. The van der Waals surface area contributed by atoms with Crippen molar-refractivity contribution in [1.82, 2.24) is 5.32 Å². The van der Waals surface area contributed by atoms with Crippen molar-refractivity contribution in [2.45, 2.75) is 70.5 Å². The van der Waals surface area contributed by atoms with E-state index in [1.54, 1.807) is 0 Å². The minimum Gasteiger partial charge on any atom is -0.387 e. The molecule has 0 aliphatic carbocycles. The van der Waals surface area contributed by atoms with Crippen LogP contribution in [0.2, 0.25) is 0 Å². The molecular weight excluding hydrogens is 298 g/mol. The zero-order chi connectivity index (χ0) is 14.9. The lowest BCUT2D eigenvalue weighted by molar-refractivity contribution is -0.211. The summed E-state index contributed by atoms with van der Waals surface area (Å²) in [5.74, 6) is -0.106. The minimum atomic E-state index is -0.693. The third kappa shape index (κ3) is 3.84. The second kappa shape index (κ2) is 6.46. The molecule has 0 radical (unpaired) electrons. The van der Waals surface area contributed by atoms with E-state index in [-0.39, 0.29) is 6.10 Å². The molecule has 116 valence electrons. The Bertz CT molecular complexity index is 366. The number of hydrogen-bond acceptors (Lipinski definition) is 6. The van der Waals surface area contributed by atoms with Crippen LogP contribution in [0.25, 0.3) is 0 Å². The Morgan fingerprint density at radius 3 is 2.75 bits per heavy atom. The highest BCUT2D eigenvalue weighted by Crippen LogP contribution is 2.38. The second-order valence-corrected chi connectivity index (χ2v) is 7.38. The summed E-state index contributed by atoms with van der Waals surface area (Å²) >= 11 is 6.74. The van der Waals surface area contributed by atoms with Crippen molar-refractivity contribution in [3.05, 3.63) is 0 Å². The number of rotatable bonds is 4. The van der Waals surface area contributed by atoms with Crippen molar-refractivity contribution in [2.75, 3.05) is 5.75 Å². The van der Waals surface area contributed by atoms with Crippen LogP contribution in [0, 0.1) is 0 Å². The van der Waals surface area contributed by atoms with E-state index in [1.807, 2.05) is 13.8 Å². The Balaban J connectivity index is 1.78. The lowest BCUT2D eigenvalue weighted by Crippen LogP contribution is -2.36. The smallest absolute Gasteiger partial charge is 0.190 e. The maximum atomic E-state index is 10.2. The number of ether oxygens (including phenoxy) is 3. The number of aliphatic hydroxyl groups excluding tert-OH is 1. The number of nitrogens with one attached hydrogen (secondary N) is 1. The standard InChI is InChI=1S/C13H23NO4S2/c1-5-7(2)14-12(19)20-6-8-9(15)10-11(16-8)18-13(3,4)17-10/h7-11,15H,5-6H2,1-4H3,(H,14,19)/t7?,8-,9+,10-,11-/m1/s1. The SMILES string of the molecule is CCC(C)NC(=S)SC[C@H]1O[C@@H]2OC(C)(C)O[C@@H]2[C@H]1O. The minimum absolute atomic E-state index is 0.317. The van der Waals surface area contributed by atoms with E-state index in [9.17, 15) is 5.11 Å². The van der Waals surface area contributed by atoms with E-state index in [4.69, 9.17) is 26.4 Å². The molecule has 2 fully saturated rings. The van der Waals surface area contributed by atoms with Crippen LogP contribution in [0.5, 0.6) is 0 Å². The van der Waals surface area contributed by atoms with Gasteiger partial charge in [0.2, 0.25) is 0 Å². The first-order chi connectivity index (χ1) is 9.32. The largest absolute Gasteiger partial charge is 0.387 e. The molecule has 2 aliphatic rings. The van der Waals surface area contributed by atoms with Gasteiger partial charge in [-0.05, 0) is 27.2 Å². The van der Waals surface area contributed by atoms with E-state index in [0.29, 0.717) is 11.8 Å². The molecule has 20 heavy (non-hydrogen) atoms. The third-order valence-electron chi connectivity index (χ3n) is 3.47. The highest BCUT2D eigenvalue weighted by molar-refractivity contribution is 8.23. The van der Waals surface area contributed by atoms with Gasteiger partial charge >= 0.3 is 0 Å². The van der Waals surface area contributed by atoms with Crippen LogP contribution in [0.3, 0.4) is 0 Å². The monoisotopic (exact) mass is 321 g/mol. The average molecular weight is 321 g/mol. The Morgan fingerprint density at radius 2 is 2.15 bits per heavy atom. The molecule has 5 nitrogen and oxygen atoms in total. The van der Waals surface area contributed by atoms with E-state index in [2.05, 4.69) is 19.2 Å². The van der Waals surface area contributed by atoms with Crippen LogP contribution in [0.4, 0.5) is 0 Å². The lowest BCUT2D eigenvalue weighted by atomic mass is 10.1. The highest BCUT2D eigenvalue weighted by atomic mass is 32.2. The van der Waals surface area contributed by atoms with Gasteiger partial charge in [0.15, 0.2) is 12.1 Å². The van der Waals surface area contributed by atoms with Gasteiger partial charge < -0.3 is 24.6 Å². The van der Waals surface area contributed by atoms with Gasteiger partial charge in [0, 0.05) is 11.8 Å². The zero-order valence-corrected chi connectivity index (χ0v) is 13.9. The summed E-state index contributed by atoms with van der Waals surface area (Å²) in [6.07, 6.45) is -0.874. The van der Waals surface area contributed by atoms with Crippen molar-refractivity contribution >= 4 is 28.3 Å². The van der Waals surface area contributed by atoms with Crippen molar-refractivity contribution in [3.8, 4) is 0 Å².